The maximum atomic E-state index is 11.9. The van der Waals surface area contributed by atoms with E-state index in [-0.39, 0.29) is 5.91 Å². The molecular formula is C13H17N3OS. The highest BCUT2D eigenvalue weighted by Crippen LogP contribution is 2.22. The molecule has 1 N–H and O–H groups in total. The molecule has 0 spiro atoms. The molecule has 1 fully saturated rings. The van der Waals surface area contributed by atoms with E-state index in [2.05, 4.69) is 23.2 Å². The Kier molecular flexibility index (Phi) is 4.34. The zero-order valence-electron chi connectivity index (χ0n) is 10.5. The lowest BCUT2D eigenvalue weighted by Crippen LogP contribution is -2.42. The van der Waals surface area contributed by atoms with Gasteiger partial charge in [-0.1, -0.05) is 6.42 Å². The number of amides is 1. The van der Waals surface area contributed by atoms with Gasteiger partial charge in [-0.3, -0.25) is 9.69 Å². The van der Waals surface area contributed by atoms with Crippen molar-refractivity contribution < 1.29 is 4.79 Å². The van der Waals surface area contributed by atoms with Crippen molar-refractivity contribution in [1.82, 2.24) is 4.90 Å². The lowest BCUT2D eigenvalue weighted by molar-refractivity contribution is -0.118. The SMILES string of the molecule is C[C@H]1CCCCN1CC(=O)Nc1sccc1C#N. The summed E-state index contributed by atoms with van der Waals surface area (Å²) in [5, 5.41) is 14.2. The summed E-state index contributed by atoms with van der Waals surface area (Å²) in [5.41, 5.74) is 0.542. The minimum atomic E-state index is -0.0253. The first-order chi connectivity index (χ1) is 8.70. The summed E-state index contributed by atoms with van der Waals surface area (Å²) in [6.07, 6.45) is 3.58. The molecule has 1 aliphatic rings. The van der Waals surface area contributed by atoms with Crippen molar-refractivity contribution in [2.75, 3.05) is 18.4 Å². The molecule has 0 aliphatic carbocycles. The van der Waals surface area contributed by atoms with Gasteiger partial charge < -0.3 is 5.32 Å². The normalized spacial score (nSPS) is 20.3. The number of nitrogens with zero attached hydrogens (tertiary/aromatic N) is 2. The van der Waals surface area contributed by atoms with Gasteiger partial charge in [-0.2, -0.15) is 5.26 Å². The minimum Gasteiger partial charge on any atom is -0.315 e. The molecule has 0 aromatic carbocycles. The van der Waals surface area contributed by atoms with Crippen molar-refractivity contribution in [2.45, 2.75) is 32.2 Å². The van der Waals surface area contributed by atoms with Gasteiger partial charge in [0.25, 0.3) is 0 Å². The maximum Gasteiger partial charge on any atom is 0.239 e. The molecule has 0 unspecified atom stereocenters. The lowest BCUT2D eigenvalue weighted by atomic mass is 10.0. The average molecular weight is 263 g/mol. The Balaban J connectivity index is 1.91. The van der Waals surface area contributed by atoms with Gasteiger partial charge in [0.15, 0.2) is 0 Å². The van der Waals surface area contributed by atoms with Crippen LogP contribution in [-0.2, 0) is 4.79 Å². The first-order valence-electron chi connectivity index (χ1n) is 6.22. The van der Waals surface area contributed by atoms with Gasteiger partial charge >= 0.3 is 0 Å². The van der Waals surface area contributed by atoms with E-state index in [1.807, 2.05) is 5.38 Å². The molecular weight excluding hydrogens is 246 g/mol. The summed E-state index contributed by atoms with van der Waals surface area (Å²) in [6, 6.07) is 4.28. The largest absolute Gasteiger partial charge is 0.315 e. The highest BCUT2D eigenvalue weighted by molar-refractivity contribution is 7.14. The monoisotopic (exact) mass is 263 g/mol. The van der Waals surface area contributed by atoms with Crippen LogP contribution in [0, 0.1) is 11.3 Å². The van der Waals surface area contributed by atoms with E-state index in [4.69, 9.17) is 5.26 Å². The zero-order chi connectivity index (χ0) is 13.0. The third-order valence-corrected chi connectivity index (χ3v) is 4.16. The Labute approximate surface area is 111 Å². The van der Waals surface area contributed by atoms with Crippen molar-refractivity contribution in [3.05, 3.63) is 17.0 Å². The summed E-state index contributed by atoms with van der Waals surface area (Å²) in [7, 11) is 0. The number of nitrogens with one attached hydrogen (secondary N) is 1. The minimum absolute atomic E-state index is 0.0253. The topological polar surface area (TPSA) is 56.1 Å². The summed E-state index contributed by atoms with van der Waals surface area (Å²) in [5.74, 6) is -0.0253. The fraction of sp³-hybridized carbons (Fsp3) is 0.538. The molecule has 18 heavy (non-hydrogen) atoms. The van der Waals surface area contributed by atoms with Gasteiger partial charge in [-0.15, -0.1) is 11.3 Å². The van der Waals surface area contributed by atoms with Crippen molar-refractivity contribution in [3.8, 4) is 6.07 Å². The van der Waals surface area contributed by atoms with Crippen LogP contribution in [0.3, 0.4) is 0 Å². The van der Waals surface area contributed by atoms with Crippen LogP contribution in [-0.4, -0.2) is 29.9 Å². The molecule has 96 valence electrons. The molecule has 4 nitrogen and oxygen atoms in total. The third kappa shape index (κ3) is 3.09. The fourth-order valence-electron chi connectivity index (χ4n) is 2.24. The lowest BCUT2D eigenvalue weighted by Gasteiger charge is -2.32. The summed E-state index contributed by atoms with van der Waals surface area (Å²) in [6.45, 7) is 3.58. The van der Waals surface area contributed by atoms with Gasteiger partial charge in [-0.05, 0) is 37.8 Å². The van der Waals surface area contributed by atoms with Crippen LogP contribution < -0.4 is 5.32 Å². The average Bonchev–Trinajstić information content (AvgIpc) is 2.79. The highest BCUT2D eigenvalue weighted by atomic mass is 32.1. The molecule has 0 bridgehead atoms. The first kappa shape index (κ1) is 13.1. The Morgan fingerprint density at radius 1 is 1.67 bits per heavy atom. The van der Waals surface area contributed by atoms with Crippen LogP contribution in [0.1, 0.15) is 31.7 Å². The van der Waals surface area contributed by atoms with Crippen LogP contribution in [0.15, 0.2) is 11.4 Å². The fourth-order valence-corrected chi connectivity index (χ4v) is 2.99. The van der Waals surface area contributed by atoms with E-state index in [9.17, 15) is 4.79 Å². The zero-order valence-corrected chi connectivity index (χ0v) is 11.3. The molecule has 1 saturated heterocycles. The number of carbonyl (C=O) groups is 1. The number of thiophene rings is 1. The predicted molar refractivity (Wildman–Crippen MR) is 72.5 cm³/mol. The molecule has 1 aromatic rings. The number of rotatable bonds is 3. The van der Waals surface area contributed by atoms with E-state index < -0.39 is 0 Å². The second kappa shape index (κ2) is 5.98. The molecule has 1 atom stereocenters. The number of hydrogen-bond donors (Lipinski definition) is 1. The maximum absolute atomic E-state index is 11.9. The third-order valence-electron chi connectivity index (χ3n) is 3.33. The number of likely N-dealkylation sites (tertiary alicyclic amines) is 1. The second-order valence-corrected chi connectivity index (χ2v) is 5.55. The molecule has 0 saturated carbocycles. The van der Waals surface area contributed by atoms with Crippen LogP contribution in [0.5, 0.6) is 0 Å². The van der Waals surface area contributed by atoms with Crippen LogP contribution in [0.2, 0.25) is 0 Å². The van der Waals surface area contributed by atoms with E-state index in [1.54, 1.807) is 6.07 Å². The van der Waals surface area contributed by atoms with Crippen molar-refractivity contribution >= 4 is 22.2 Å². The van der Waals surface area contributed by atoms with E-state index in [1.165, 1.54) is 24.2 Å². The van der Waals surface area contributed by atoms with E-state index >= 15 is 0 Å². The Bertz CT molecular complexity index is 463. The number of anilines is 1. The molecule has 2 rings (SSSR count). The summed E-state index contributed by atoms with van der Waals surface area (Å²) >= 11 is 1.39. The number of hydrogen-bond acceptors (Lipinski definition) is 4. The molecule has 1 aromatic heterocycles. The standard InChI is InChI=1S/C13H17N3OS/c1-10-4-2-3-6-16(10)9-12(17)15-13-11(8-14)5-7-18-13/h5,7,10H,2-4,6,9H2,1H3,(H,15,17)/t10-/m0/s1. The Morgan fingerprint density at radius 2 is 2.50 bits per heavy atom. The number of carbonyl (C=O) groups excluding carboxylic acids is 1. The quantitative estimate of drug-likeness (QED) is 0.911. The number of piperidine rings is 1. The van der Waals surface area contributed by atoms with Gasteiger partial charge in [-0.25, -0.2) is 0 Å². The number of nitriles is 1. The highest BCUT2D eigenvalue weighted by Gasteiger charge is 2.20. The molecule has 1 aliphatic heterocycles. The molecule has 1 amide bonds. The summed E-state index contributed by atoms with van der Waals surface area (Å²) in [4.78, 5) is 14.1. The first-order valence-corrected chi connectivity index (χ1v) is 7.10. The van der Waals surface area contributed by atoms with Gasteiger partial charge in [0.1, 0.15) is 11.1 Å². The van der Waals surface area contributed by atoms with Gasteiger partial charge in [0.2, 0.25) is 5.91 Å². The molecule has 5 heteroatoms. The van der Waals surface area contributed by atoms with Crippen LogP contribution in [0.4, 0.5) is 5.00 Å². The second-order valence-electron chi connectivity index (χ2n) is 4.64. The Hall–Kier alpha value is -1.38. The van der Waals surface area contributed by atoms with Gasteiger partial charge in [0, 0.05) is 6.04 Å². The van der Waals surface area contributed by atoms with Crippen molar-refractivity contribution in [2.24, 2.45) is 0 Å². The van der Waals surface area contributed by atoms with Gasteiger partial charge in [0.05, 0.1) is 12.1 Å². The predicted octanol–water partition coefficient (Wildman–Crippen LogP) is 2.43. The van der Waals surface area contributed by atoms with E-state index in [0.717, 1.165) is 13.0 Å². The van der Waals surface area contributed by atoms with E-state index in [0.29, 0.717) is 23.2 Å². The molecule has 2 heterocycles. The summed E-state index contributed by atoms with van der Waals surface area (Å²) < 4.78 is 0. The van der Waals surface area contributed by atoms with Crippen LogP contribution in [0.25, 0.3) is 0 Å². The Morgan fingerprint density at radius 3 is 3.22 bits per heavy atom. The van der Waals surface area contributed by atoms with Crippen LogP contribution >= 0.6 is 11.3 Å². The molecule has 0 radical (unpaired) electrons. The smallest absolute Gasteiger partial charge is 0.239 e. The van der Waals surface area contributed by atoms with Crippen molar-refractivity contribution in [3.63, 3.8) is 0 Å². The van der Waals surface area contributed by atoms with Crippen molar-refractivity contribution in [1.29, 1.82) is 5.26 Å².